The third kappa shape index (κ3) is 6.43. The highest BCUT2D eigenvalue weighted by Gasteiger charge is 2.08. The van der Waals surface area contributed by atoms with E-state index >= 15 is 0 Å². The summed E-state index contributed by atoms with van der Waals surface area (Å²) < 4.78 is 16.1. The molecule has 6 nitrogen and oxygen atoms in total. The van der Waals surface area contributed by atoms with Gasteiger partial charge in [0.15, 0.2) is 11.5 Å². The quantitative estimate of drug-likeness (QED) is 0.671. The van der Waals surface area contributed by atoms with Crippen molar-refractivity contribution in [3.63, 3.8) is 0 Å². The van der Waals surface area contributed by atoms with Crippen molar-refractivity contribution in [1.29, 1.82) is 0 Å². The summed E-state index contributed by atoms with van der Waals surface area (Å²) in [6.07, 6.45) is 4.66. The molecule has 0 aliphatic rings. The number of methoxy groups -OCH3 is 2. The Morgan fingerprint density at radius 3 is 2.76 bits per heavy atom. The Bertz CT molecular complexity index is 662. The normalized spacial score (nSPS) is 10.3. The maximum absolute atomic E-state index is 11.7. The fourth-order valence-electron chi connectivity index (χ4n) is 2.25. The van der Waals surface area contributed by atoms with E-state index in [0.717, 1.165) is 11.1 Å². The summed E-state index contributed by atoms with van der Waals surface area (Å²) >= 11 is 0. The minimum atomic E-state index is 0.00733. The van der Waals surface area contributed by atoms with Crippen LogP contribution in [0.2, 0.25) is 0 Å². The molecule has 0 unspecified atom stereocenters. The summed E-state index contributed by atoms with van der Waals surface area (Å²) in [5.41, 5.74) is 1.93. The van der Waals surface area contributed by atoms with Crippen LogP contribution in [0.25, 0.3) is 0 Å². The highest BCUT2D eigenvalue weighted by atomic mass is 16.5. The van der Waals surface area contributed by atoms with Crippen LogP contribution in [-0.2, 0) is 22.7 Å². The summed E-state index contributed by atoms with van der Waals surface area (Å²) in [6.45, 7) is 1.45. The second-order valence-electron chi connectivity index (χ2n) is 5.51. The van der Waals surface area contributed by atoms with Gasteiger partial charge < -0.3 is 19.5 Å². The zero-order valence-electron chi connectivity index (χ0n) is 14.7. The van der Waals surface area contributed by atoms with Gasteiger partial charge in [-0.15, -0.1) is 0 Å². The van der Waals surface area contributed by atoms with Gasteiger partial charge in [-0.05, 0) is 30.2 Å². The molecule has 6 heteroatoms. The van der Waals surface area contributed by atoms with E-state index in [4.69, 9.17) is 14.2 Å². The second-order valence-corrected chi connectivity index (χ2v) is 5.51. The van der Waals surface area contributed by atoms with Gasteiger partial charge in [0.1, 0.15) is 6.61 Å². The molecule has 1 amide bonds. The van der Waals surface area contributed by atoms with Gasteiger partial charge in [-0.3, -0.25) is 9.78 Å². The molecule has 2 rings (SSSR count). The Morgan fingerprint density at radius 1 is 1.16 bits per heavy atom. The molecular formula is C19H24N2O4. The van der Waals surface area contributed by atoms with Crippen molar-refractivity contribution in [2.24, 2.45) is 0 Å². The Hall–Kier alpha value is -2.60. The van der Waals surface area contributed by atoms with E-state index in [1.54, 1.807) is 26.6 Å². The van der Waals surface area contributed by atoms with Crippen molar-refractivity contribution >= 4 is 5.91 Å². The van der Waals surface area contributed by atoms with Crippen molar-refractivity contribution in [3.8, 4) is 11.5 Å². The van der Waals surface area contributed by atoms with E-state index in [9.17, 15) is 4.79 Å². The molecule has 0 spiro atoms. The van der Waals surface area contributed by atoms with E-state index in [2.05, 4.69) is 10.3 Å². The van der Waals surface area contributed by atoms with Crippen LogP contribution in [-0.4, -0.2) is 31.7 Å². The summed E-state index contributed by atoms with van der Waals surface area (Å²) in [6, 6.07) is 9.45. The number of aromatic nitrogens is 1. The van der Waals surface area contributed by atoms with Crippen molar-refractivity contribution in [3.05, 3.63) is 53.9 Å². The zero-order valence-corrected chi connectivity index (χ0v) is 14.7. The van der Waals surface area contributed by atoms with Crippen LogP contribution >= 0.6 is 0 Å². The average molecular weight is 344 g/mol. The van der Waals surface area contributed by atoms with E-state index in [0.29, 0.717) is 44.1 Å². The molecule has 1 aromatic heterocycles. The maximum atomic E-state index is 11.7. The van der Waals surface area contributed by atoms with Gasteiger partial charge in [0.2, 0.25) is 5.91 Å². The highest BCUT2D eigenvalue weighted by molar-refractivity contribution is 5.75. The van der Waals surface area contributed by atoms with Crippen molar-refractivity contribution < 1.29 is 19.0 Å². The molecule has 134 valence electrons. The van der Waals surface area contributed by atoms with Gasteiger partial charge in [0, 0.05) is 44.6 Å². The summed E-state index contributed by atoms with van der Waals surface area (Å²) in [4.78, 5) is 15.8. The minimum Gasteiger partial charge on any atom is -0.493 e. The number of benzene rings is 1. The van der Waals surface area contributed by atoms with Gasteiger partial charge in [-0.25, -0.2) is 0 Å². The van der Waals surface area contributed by atoms with Crippen LogP contribution in [0, 0.1) is 0 Å². The number of nitrogens with one attached hydrogen (secondary N) is 1. The standard InChI is InChI=1S/C19H24N2O4/c1-23-10-4-6-19(22)21-13-15-7-8-17(18(11-15)24-2)25-14-16-5-3-9-20-12-16/h3,5,7-9,11-12H,4,6,10,13-14H2,1-2H3,(H,21,22). The van der Waals surface area contributed by atoms with Crippen LogP contribution in [0.4, 0.5) is 0 Å². The van der Waals surface area contributed by atoms with Gasteiger partial charge in [-0.2, -0.15) is 0 Å². The molecule has 1 N–H and O–H groups in total. The first-order valence-corrected chi connectivity index (χ1v) is 8.17. The zero-order chi connectivity index (χ0) is 17.9. The first-order chi connectivity index (χ1) is 12.2. The molecule has 25 heavy (non-hydrogen) atoms. The lowest BCUT2D eigenvalue weighted by Crippen LogP contribution is -2.22. The number of hydrogen-bond donors (Lipinski definition) is 1. The van der Waals surface area contributed by atoms with E-state index < -0.39 is 0 Å². The smallest absolute Gasteiger partial charge is 0.220 e. The van der Waals surface area contributed by atoms with E-state index in [1.807, 2.05) is 30.3 Å². The lowest BCUT2D eigenvalue weighted by molar-refractivity contribution is -0.121. The number of carbonyl (C=O) groups is 1. The Kier molecular flexibility index (Phi) is 7.72. The first kappa shape index (κ1) is 18.7. The maximum Gasteiger partial charge on any atom is 0.220 e. The number of hydrogen-bond acceptors (Lipinski definition) is 5. The monoisotopic (exact) mass is 344 g/mol. The molecular weight excluding hydrogens is 320 g/mol. The molecule has 1 aromatic carbocycles. The summed E-state index contributed by atoms with van der Waals surface area (Å²) in [7, 11) is 3.22. The number of carbonyl (C=O) groups excluding carboxylic acids is 1. The average Bonchev–Trinajstić information content (AvgIpc) is 2.66. The number of rotatable bonds is 10. The summed E-state index contributed by atoms with van der Waals surface area (Å²) in [5, 5.41) is 2.89. The molecule has 0 saturated heterocycles. The van der Waals surface area contributed by atoms with Crippen molar-refractivity contribution in [2.75, 3.05) is 20.8 Å². The van der Waals surface area contributed by atoms with Crippen LogP contribution < -0.4 is 14.8 Å². The molecule has 0 fully saturated rings. The van der Waals surface area contributed by atoms with Crippen LogP contribution in [0.1, 0.15) is 24.0 Å². The molecule has 1 heterocycles. The van der Waals surface area contributed by atoms with Crippen molar-refractivity contribution in [2.45, 2.75) is 26.0 Å². The van der Waals surface area contributed by atoms with Crippen LogP contribution in [0.3, 0.4) is 0 Å². The van der Waals surface area contributed by atoms with Gasteiger partial charge in [-0.1, -0.05) is 12.1 Å². The Balaban J connectivity index is 1.88. The van der Waals surface area contributed by atoms with Gasteiger partial charge >= 0.3 is 0 Å². The van der Waals surface area contributed by atoms with Gasteiger partial charge in [0.05, 0.1) is 7.11 Å². The first-order valence-electron chi connectivity index (χ1n) is 8.17. The fourth-order valence-corrected chi connectivity index (χ4v) is 2.25. The molecule has 0 atom stereocenters. The van der Waals surface area contributed by atoms with E-state index in [-0.39, 0.29) is 5.91 Å². The highest BCUT2D eigenvalue weighted by Crippen LogP contribution is 2.28. The fraction of sp³-hybridized carbons (Fsp3) is 0.368. The SMILES string of the molecule is COCCCC(=O)NCc1ccc(OCc2cccnc2)c(OC)c1. The van der Waals surface area contributed by atoms with Crippen molar-refractivity contribution in [1.82, 2.24) is 10.3 Å². The largest absolute Gasteiger partial charge is 0.493 e. The minimum absolute atomic E-state index is 0.00733. The second kappa shape index (κ2) is 10.3. The topological polar surface area (TPSA) is 69.7 Å². The van der Waals surface area contributed by atoms with Crippen LogP contribution in [0.5, 0.6) is 11.5 Å². The number of nitrogens with zero attached hydrogens (tertiary/aromatic N) is 1. The molecule has 0 saturated carbocycles. The molecule has 2 aromatic rings. The lowest BCUT2D eigenvalue weighted by Gasteiger charge is -2.12. The Morgan fingerprint density at radius 2 is 2.04 bits per heavy atom. The molecule has 0 aliphatic heterocycles. The van der Waals surface area contributed by atoms with Crippen LogP contribution in [0.15, 0.2) is 42.7 Å². The predicted octanol–water partition coefficient (Wildman–Crippen LogP) is 2.71. The summed E-state index contributed by atoms with van der Waals surface area (Å²) in [5.74, 6) is 1.30. The third-order valence-electron chi connectivity index (χ3n) is 3.59. The number of ether oxygens (including phenoxy) is 3. The predicted molar refractivity (Wildman–Crippen MR) is 94.5 cm³/mol. The van der Waals surface area contributed by atoms with E-state index in [1.165, 1.54) is 0 Å². The molecule has 0 radical (unpaired) electrons. The number of amides is 1. The lowest BCUT2D eigenvalue weighted by atomic mass is 10.2. The Labute approximate surface area is 148 Å². The molecule has 0 bridgehead atoms. The number of pyridine rings is 1. The molecule has 0 aliphatic carbocycles. The third-order valence-corrected chi connectivity index (χ3v) is 3.59. The van der Waals surface area contributed by atoms with Gasteiger partial charge in [0.25, 0.3) is 0 Å².